The Hall–Kier alpha value is -1.06. The Morgan fingerprint density at radius 3 is 2.41 bits per heavy atom. The average molecular weight is 236 g/mol. The topological polar surface area (TPSA) is 47.3 Å². The third-order valence-electron chi connectivity index (χ3n) is 3.15. The average Bonchev–Trinajstić information content (AvgIpc) is 2.28. The Kier molecular flexibility index (Phi) is 4.97. The van der Waals surface area contributed by atoms with E-state index < -0.39 is 0 Å². The van der Waals surface area contributed by atoms with Crippen LogP contribution in [0.3, 0.4) is 0 Å². The maximum atomic E-state index is 5.87. The van der Waals surface area contributed by atoms with E-state index in [4.69, 9.17) is 10.5 Å². The first-order valence-corrected chi connectivity index (χ1v) is 6.12. The third-order valence-corrected chi connectivity index (χ3v) is 3.15. The van der Waals surface area contributed by atoms with Crippen molar-refractivity contribution in [1.29, 1.82) is 0 Å². The molecule has 0 fully saturated rings. The molecule has 3 unspecified atom stereocenters. The summed E-state index contributed by atoms with van der Waals surface area (Å²) in [5.74, 6) is 0.924. The highest BCUT2D eigenvalue weighted by Crippen LogP contribution is 2.26. The quantitative estimate of drug-likeness (QED) is 0.825. The summed E-state index contributed by atoms with van der Waals surface area (Å²) < 4.78 is 5.39. The molecule has 0 saturated heterocycles. The Balaban J connectivity index is 2.87. The van der Waals surface area contributed by atoms with Crippen molar-refractivity contribution < 1.29 is 4.74 Å². The predicted octanol–water partition coefficient (Wildman–Crippen LogP) is 2.39. The van der Waals surface area contributed by atoms with Gasteiger partial charge in [-0.25, -0.2) is 0 Å². The van der Waals surface area contributed by atoms with Crippen molar-refractivity contribution in [3.05, 3.63) is 29.3 Å². The zero-order chi connectivity index (χ0) is 13.0. The Labute approximate surface area is 104 Å². The molecule has 3 heteroatoms. The molecular weight excluding hydrogens is 212 g/mol. The van der Waals surface area contributed by atoms with Gasteiger partial charge in [0.25, 0.3) is 0 Å². The molecule has 0 aliphatic heterocycles. The molecule has 1 rings (SSSR count). The highest BCUT2D eigenvalue weighted by Gasteiger charge is 2.15. The number of benzene rings is 1. The van der Waals surface area contributed by atoms with Crippen molar-refractivity contribution in [3.8, 4) is 5.75 Å². The minimum Gasteiger partial charge on any atom is -0.496 e. The molecule has 0 saturated carbocycles. The van der Waals surface area contributed by atoms with Crippen molar-refractivity contribution in [2.75, 3.05) is 7.11 Å². The molecule has 3 N–H and O–H groups in total. The minimum atomic E-state index is 0.133. The number of nitrogens with one attached hydrogen (secondary N) is 1. The summed E-state index contributed by atoms with van der Waals surface area (Å²) >= 11 is 0. The highest BCUT2D eigenvalue weighted by molar-refractivity contribution is 5.38. The minimum absolute atomic E-state index is 0.133. The van der Waals surface area contributed by atoms with E-state index in [9.17, 15) is 0 Å². The SMILES string of the molecule is COc1ccc(C)cc1C(C)NC(C)C(C)N. The van der Waals surface area contributed by atoms with Crippen LogP contribution in [0.5, 0.6) is 5.75 Å². The lowest BCUT2D eigenvalue weighted by atomic mass is 10.0. The van der Waals surface area contributed by atoms with Gasteiger partial charge < -0.3 is 15.8 Å². The van der Waals surface area contributed by atoms with E-state index in [-0.39, 0.29) is 18.1 Å². The summed E-state index contributed by atoms with van der Waals surface area (Å²) in [4.78, 5) is 0. The molecule has 96 valence electrons. The second-order valence-corrected chi connectivity index (χ2v) is 4.78. The maximum Gasteiger partial charge on any atom is 0.123 e. The number of nitrogens with two attached hydrogens (primary N) is 1. The fraction of sp³-hybridized carbons (Fsp3) is 0.571. The number of methoxy groups -OCH3 is 1. The highest BCUT2D eigenvalue weighted by atomic mass is 16.5. The van der Waals surface area contributed by atoms with Crippen LogP contribution < -0.4 is 15.8 Å². The number of ether oxygens (including phenoxy) is 1. The number of rotatable bonds is 5. The van der Waals surface area contributed by atoms with Gasteiger partial charge in [0, 0.05) is 23.7 Å². The fourth-order valence-corrected chi connectivity index (χ4v) is 1.83. The molecule has 3 nitrogen and oxygen atoms in total. The van der Waals surface area contributed by atoms with Gasteiger partial charge in [0.05, 0.1) is 7.11 Å². The predicted molar refractivity (Wildman–Crippen MR) is 72.4 cm³/mol. The van der Waals surface area contributed by atoms with Gasteiger partial charge in [-0.2, -0.15) is 0 Å². The van der Waals surface area contributed by atoms with Crippen molar-refractivity contribution in [2.45, 2.75) is 45.8 Å². The third kappa shape index (κ3) is 3.72. The second kappa shape index (κ2) is 6.03. The van der Waals surface area contributed by atoms with Crippen molar-refractivity contribution in [1.82, 2.24) is 5.32 Å². The monoisotopic (exact) mass is 236 g/mol. The Morgan fingerprint density at radius 2 is 1.88 bits per heavy atom. The lowest BCUT2D eigenvalue weighted by Crippen LogP contribution is -2.42. The Bertz CT molecular complexity index is 363. The normalized spacial score (nSPS) is 16.4. The van der Waals surface area contributed by atoms with Crippen LogP contribution in [0.2, 0.25) is 0 Å². The lowest BCUT2D eigenvalue weighted by Gasteiger charge is -2.24. The summed E-state index contributed by atoms with van der Waals surface area (Å²) in [6.45, 7) is 8.34. The van der Waals surface area contributed by atoms with Crippen molar-refractivity contribution >= 4 is 0 Å². The van der Waals surface area contributed by atoms with E-state index in [0.29, 0.717) is 0 Å². The van der Waals surface area contributed by atoms with Crippen molar-refractivity contribution in [3.63, 3.8) is 0 Å². The number of hydrogen-bond acceptors (Lipinski definition) is 3. The Morgan fingerprint density at radius 1 is 1.24 bits per heavy atom. The molecule has 0 heterocycles. The molecule has 3 atom stereocenters. The standard InChI is InChI=1S/C14H24N2O/c1-9-6-7-14(17-5)13(8-9)12(4)16-11(3)10(2)15/h6-8,10-12,16H,15H2,1-5H3. The van der Waals surface area contributed by atoms with E-state index in [2.05, 4.69) is 38.2 Å². The zero-order valence-electron chi connectivity index (χ0n) is 11.4. The van der Waals surface area contributed by atoms with Gasteiger partial charge in [0.1, 0.15) is 5.75 Å². The molecule has 1 aromatic carbocycles. The van der Waals surface area contributed by atoms with Crippen LogP contribution in [-0.4, -0.2) is 19.2 Å². The largest absolute Gasteiger partial charge is 0.496 e. The first-order chi connectivity index (χ1) is 7.95. The van der Waals surface area contributed by atoms with E-state index in [1.807, 2.05) is 13.0 Å². The van der Waals surface area contributed by atoms with Crippen molar-refractivity contribution in [2.24, 2.45) is 5.73 Å². The molecule has 0 bridgehead atoms. The molecular formula is C14H24N2O. The van der Waals surface area contributed by atoms with E-state index in [1.54, 1.807) is 7.11 Å². The fourth-order valence-electron chi connectivity index (χ4n) is 1.83. The molecule has 0 aliphatic rings. The molecule has 0 spiro atoms. The van der Waals surface area contributed by atoms with Gasteiger partial charge >= 0.3 is 0 Å². The first kappa shape index (κ1) is 14.0. The zero-order valence-corrected chi connectivity index (χ0v) is 11.4. The molecule has 1 aromatic rings. The molecule has 0 aromatic heterocycles. The van der Waals surface area contributed by atoms with Gasteiger partial charge in [-0.05, 0) is 33.8 Å². The van der Waals surface area contributed by atoms with Crippen LogP contribution in [0.25, 0.3) is 0 Å². The van der Waals surface area contributed by atoms with Crippen LogP contribution in [0.4, 0.5) is 0 Å². The molecule has 17 heavy (non-hydrogen) atoms. The first-order valence-electron chi connectivity index (χ1n) is 6.12. The molecule has 0 amide bonds. The molecule has 0 aliphatic carbocycles. The number of hydrogen-bond donors (Lipinski definition) is 2. The summed E-state index contributed by atoms with van der Waals surface area (Å²) in [7, 11) is 1.70. The number of aryl methyl sites for hydroxylation is 1. The van der Waals surface area contributed by atoms with Gasteiger partial charge in [0.15, 0.2) is 0 Å². The van der Waals surface area contributed by atoms with Gasteiger partial charge in [-0.15, -0.1) is 0 Å². The molecule has 0 radical (unpaired) electrons. The maximum absolute atomic E-state index is 5.87. The van der Waals surface area contributed by atoms with Crippen LogP contribution in [0.1, 0.15) is 37.9 Å². The van der Waals surface area contributed by atoms with E-state index in [0.717, 1.165) is 5.75 Å². The summed E-state index contributed by atoms with van der Waals surface area (Å²) in [6.07, 6.45) is 0. The van der Waals surface area contributed by atoms with Crippen LogP contribution in [-0.2, 0) is 0 Å². The summed E-state index contributed by atoms with van der Waals surface area (Å²) in [5, 5.41) is 3.49. The summed E-state index contributed by atoms with van der Waals surface area (Å²) in [6, 6.07) is 6.86. The van der Waals surface area contributed by atoms with Gasteiger partial charge in [-0.1, -0.05) is 17.7 Å². The van der Waals surface area contributed by atoms with Crippen LogP contribution in [0.15, 0.2) is 18.2 Å². The second-order valence-electron chi connectivity index (χ2n) is 4.78. The van der Waals surface area contributed by atoms with E-state index >= 15 is 0 Å². The summed E-state index contributed by atoms with van der Waals surface area (Å²) in [5.41, 5.74) is 8.29. The van der Waals surface area contributed by atoms with Gasteiger partial charge in [0.2, 0.25) is 0 Å². The lowest BCUT2D eigenvalue weighted by molar-refractivity contribution is 0.387. The smallest absolute Gasteiger partial charge is 0.123 e. The van der Waals surface area contributed by atoms with E-state index in [1.165, 1.54) is 11.1 Å². The van der Waals surface area contributed by atoms with Gasteiger partial charge in [-0.3, -0.25) is 0 Å². The van der Waals surface area contributed by atoms with Crippen LogP contribution in [0, 0.1) is 6.92 Å². The van der Waals surface area contributed by atoms with Crippen LogP contribution >= 0.6 is 0 Å².